The molecule has 0 fully saturated rings. The van der Waals surface area contributed by atoms with Crippen molar-refractivity contribution in [1.29, 1.82) is 0 Å². The van der Waals surface area contributed by atoms with Crippen LogP contribution < -0.4 is 9.64 Å². The van der Waals surface area contributed by atoms with Gasteiger partial charge in [-0.25, -0.2) is 4.68 Å². The van der Waals surface area contributed by atoms with Crippen LogP contribution in [0.15, 0.2) is 164 Å². The summed E-state index contributed by atoms with van der Waals surface area (Å²) in [5.74, 6) is 1.11. The van der Waals surface area contributed by atoms with Crippen molar-refractivity contribution in [2.45, 2.75) is 19.3 Å². The second-order valence-corrected chi connectivity index (χ2v) is 12.9. The van der Waals surface area contributed by atoms with Crippen LogP contribution in [0.2, 0.25) is 0 Å². The topological polar surface area (TPSA) is 56.1 Å². The Morgan fingerprint density at radius 2 is 1.23 bits per heavy atom. The molecule has 258 valence electrons. The summed E-state index contributed by atoms with van der Waals surface area (Å²) in [4.78, 5) is 7.37. The van der Waals surface area contributed by atoms with E-state index in [4.69, 9.17) is 9.72 Å². The molecule has 0 bridgehead atoms. The minimum Gasteiger partial charge on any atom is -0.509 e. The molecule has 8 aromatic rings. The maximum atomic E-state index is 6.55. The van der Waals surface area contributed by atoms with E-state index in [1.54, 1.807) is 4.68 Å². The number of rotatable bonds is 7. The number of ether oxygens (including phenoxy) is 1. The van der Waals surface area contributed by atoms with Gasteiger partial charge in [-0.1, -0.05) is 84.1 Å². The largest absolute Gasteiger partial charge is 2.00 e. The van der Waals surface area contributed by atoms with Crippen molar-refractivity contribution in [3.8, 4) is 28.4 Å². The molecule has 6 aromatic carbocycles. The zero-order valence-electron chi connectivity index (χ0n) is 29.0. The zero-order valence-corrected chi connectivity index (χ0v) is 31.3. The van der Waals surface area contributed by atoms with Crippen LogP contribution in [0.1, 0.15) is 33.5 Å². The number of fused-ring (bicyclic) bond motifs is 2. The zero-order chi connectivity index (χ0) is 35.1. The van der Waals surface area contributed by atoms with Crippen LogP contribution in [0.4, 0.5) is 17.1 Å². The number of pyridine rings is 1. The third-order valence-electron chi connectivity index (χ3n) is 9.78. The van der Waals surface area contributed by atoms with Gasteiger partial charge in [0.25, 0.3) is 0 Å². The first-order valence-electron chi connectivity index (χ1n) is 17.3. The Kier molecular flexibility index (Phi) is 9.07. The molecule has 0 aliphatic carbocycles. The fraction of sp³-hybridized carbons (Fsp3) is 0.0652. The van der Waals surface area contributed by atoms with Gasteiger partial charge in [0, 0.05) is 28.9 Å². The summed E-state index contributed by atoms with van der Waals surface area (Å²) in [6.45, 7) is 4.18. The second-order valence-electron chi connectivity index (χ2n) is 12.9. The van der Waals surface area contributed by atoms with Gasteiger partial charge in [-0.3, -0.25) is 4.98 Å². The minimum absolute atomic E-state index is 0. The number of hydrogen-bond donors (Lipinski definition) is 0. The standard InChI is InChI=1S/C46H33N5O.Pt/c1-32-15-12-16-33(2)45(32)41-31-50(49-48-41)36-20-14-22-38(30-36)52-37-21-13-17-34(29-37)46(44-27-10-11-28-47-44)39-23-6-8-25-42(39)51(35-18-4-3-5-19-35)43-26-9-7-24-40(43)46;/h3-28,31H,1-2H3;/q-2;+2. The van der Waals surface area contributed by atoms with E-state index in [0.717, 1.165) is 67.5 Å². The van der Waals surface area contributed by atoms with Crippen LogP contribution in [0, 0.1) is 26.0 Å². The third kappa shape index (κ3) is 5.86. The van der Waals surface area contributed by atoms with Gasteiger partial charge in [0.05, 0.1) is 28.7 Å². The first-order valence-corrected chi connectivity index (χ1v) is 17.3. The molecular weight excluding hydrogens is 834 g/mol. The van der Waals surface area contributed by atoms with Crippen LogP contribution in [-0.4, -0.2) is 20.0 Å². The van der Waals surface area contributed by atoms with E-state index < -0.39 is 5.41 Å². The van der Waals surface area contributed by atoms with Crippen molar-refractivity contribution < 1.29 is 25.8 Å². The fourth-order valence-corrected chi connectivity index (χ4v) is 7.58. The molecule has 2 aromatic heterocycles. The molecule has 0 saturated carbocycles. The molecule has 7 heteroatoms. The van der Waals surface area contributed by atoms with E-state index in [1.165, 1.54) is 0 Å². The molecule has 1 aliphatic heterocycles. The SMILES string of the molecule is Cc1cccc(C)c1-c1cn(-c2[c-]c(Oc3[c-]c(C4(c5ccccn5)c5ccccc5N(c5ccccc5)c5ccccc54)ccc3)ccc2)nn1.[Pt+2]. The van der Waals surface area contributed by atoms with E-state index in [1.807, 2.05) is 54.9 Å². The Morgan fingerprint density at radius 1 is 0.604 bits per heavy atom. The molecule has 0 spiro atoms. The Hall–Kier alpha value is -6.10. The average molecular weight is 867 g/mol. The van der Waals surface area contributed by atoms with Gasteiger partial charge in [0.2, 0.25) is 0 Å². The summed E-state index contributed by atoms with van der Waals surface area (Å²) in [5, 5.41) is 8.94. The number of nitrogens with zero attached hydrogens (tertiary/aromatic N) is 5. The average Bonchev–Trinajstić information content (AvgIpc) is 3.68. The molecule has 1 aliphatic rings. The van der Waals surface area contributed by atoms with Crippen LogP contribution in [0.5, 0.6) is 11.5 Å². The van der Waals surface area contributed by atoms with E-state index in [0.29, 0.717) is 11.5 Å². The molecule has 0 amide bonds. The van der Waals surface area contributed by atoms with Crippen molar-refractivity contribution in [2.24, 2.45) is 0 Å². The normalized spacial score (nSPS) is 12.7. The van der Waals surface area contributed by atoms with Gasteiger partial charge < -0.3 is 9.64 Å². The predicted octanol–water partition coefficient (Wildman–Crippen LogP) is 10.5. The van der Waals surface area contributed by atoms with Gasteiger partial charge in [0.1, 0.15) is 5.69 Å². The van der Waals surface area contributed by atoms with Crippen molar-refractivity contribution in [3.63, 3.8) is 0 Å². The van der Waals surface area contributed by atoms with Gasteiger partial charge in [-0.15, -0.1) is 41.0 Å². The van der Waals surface area contributed by atoms with Crippen molar-refractivity contribution in [2.75, 3.05) is 4.90 Å². The third-order valence-corrected chi connectivity index (χ3v) is 9.78. The molecule has 6 nitrogen and oxygen atoms in total. The maximum absolute atomic E-state index is 6.55. The Morgan fingerprint density at radius 3 is 1.92 bits per heavy atom. The van der Waals surface area contributed by atoms with Gasteiger partial charge in [-0.2, -0.15) is 18.2 Å². The van der Waals surface area contributed by atoms with Crippen LogP contribution in [0.3, 0.4) is 0 Å². The van der Waals surface area contributed by atoms with Crippen LogP contribution in [-0.2, 0) is 26.5 Å². The summed E-state index contributed by atoms with van der Waals surface area (Å²) < 4.78 is 8.28. The molecule has 53 heavy (non-hydrogen) atoms. The Balaban J connectivity index is 0.00000400. The Bertz CT molecular complexity index is 2480. The van der Waals surface area contributed by atoms with Crippen molar-refractivity contribution in [3.05, 3.63) is 210 Å². The van der Waals surface area contributed by atoms with Crippen LogP contribution >= 0.6 is 0 Å². The molecule has 0 atom stereocenters. The van der Waals surface area contributed by atoms with E-state index in [9.17, 15) is 0 Å². The van der Waals surface area contributed by atoms with Gasteiger partial charge >= 0.3 is 21.1 Å². The quantitative estimate of drug-likeness (QED) is 0.149. The molecule has 9 rings (SSSR count). The van der Waals surface area contributed by atoms with Crippen molar-refractivity contribution in [1.82, 2.24) is 20.0 Å². The summed E-state index contributed by atoms with van der Waals surface area (Å²) in [7, 11) is 0. The first kappa shape index (κ1) is 34.0. The number of aryl methyl sites for hydroxylation is 2. The molecular formula is C46H33N5OPt. The number of aromatic nitrogens is 4. The maximum Gasteiger partial charge on any atom is 2.00 e. The van der Waals surface area contributed by atoms with Crippen LogP contribution in [0.25, 0.3) is 16.9 Å². The molecule has 0 unspecified atom stereocenters. The van der Waals surface area contributed by atoms with Gasteiger partial charge in [0.15, 0.2) is 0 Å². The fourth-order valence-electron chi connectivity index (χ4n) is 7.58. The number of benzene rings is 6. The number of anilines is 3. The molecule has 0 radical (unpaired) electrons. The molecule has 0 saturated heterocycles. The first-order chi connectivity index (χ1) is 25.6. The van der Waals surface area contributed by atoms with E-state index in [-0.39, 0.29) is 21.1 Å². The smallest absolute Gasteiger partial charge is 0.509 e. The number of para-hydroxylation sites is 3. The molecule has 3 heterocycles. The predicted molar refractivity (Wildman–Crippen MR) is 205 cm³/mol. The summed E-state index contributed by atoms with van der Waals surface area (Å²) >= 11 is 0. The number of hydrogen-bond acceptors (Lipinski definition) is 5. The van der Waals surface area contributed by atoms with E-state index in [2.05, 4.69) is 150 Å². The van der Waals surface area contributed by atoms with Crippen molar-refractivity contribution >= 4 is 17.1 Å². The summed E-state index contributed by atoms with van der Waals surface area (Å²) in [5.41, 5.74) is 11.4. The summed E-state index contributed by atoms with van der Waals surface area (Å²) in [6, 6.07) is 59.0. The summed E-state index contributed by atoms with van der Waals surface area (Å²) in [6.07, 6.45) is 3.80. The molecule has 0 N–H and O–H groups in total. The minimum atomic E-state index is -0.796. The van der Waals surface area contributed by atoms with E-state index >= 15 is 0 Å². The monoisotopic (exact) mass is 866 g/mol. The second kappa shape index (κ2) is 14.1. The Labute approximate surface area is 323 Å². The van der Waals surface area contributed by atoms with Gasteiger partial charge in [-0.05, 0) is 78.2 Å².